The largest absolute Gasteiger partial charge is 0.481 e. The summed E-state index contributed by atoms with van der Waals surface area (Å²) >= 11 is 5.01. The topological polar surface area (TPSA) is 151 Å². The predicted molar refractivity (Wildman–Crippen MR) is 193 cm³/mol. The second-order valence-corrected chi connectivity index (χ2v) is 17.1. The zero-order chi connectivity index (χ0) is 34.3. The van der Waals surface area contributed by atoms with E-state index in [1.54, 1.807) is 34.0 Å². The molecule has 0 unspecified atom stereocenters. The van der Waals surface area contributed by atoms with Crippen molar-refractivity contribution >= 4 is 51.9 Å². The maximum Gasteiger partial charge on any atom is 0.307 e. The van der Waals surface area contributed by atoms with Crippen molar-refractivity contribution in [2.24, 2.45) is 35.5 Å². The van der Waals surface area contributed by atoms with Gasteiger partial charge in [0.05, 0.1) is 17.8 Å². The first-order valence-electron chi connectivity index (χ1n) is 17.4. The molecule has 3 aliphatic heterocycles. The first-order valence-corrected chi connectivity index (χ1v) is 20.1. The Balaban J connectivity index is 1.16. The highest BCUT2D eigenvalue weighted by Gasteiger charge is 2.33. The minimum absolute atomic E-state index is 0.148. The minimum Gasteiger partial charge on any atom is -0.481 e. The van der Waals surface area contributed by atoms with Gasteiger partial charge >= 0.3 is 17.9 Å². The van der Waals surface area contributed by atoms with Gasteiger partial charge in [-0.15, -0.1) is 34.0 Å². The van der Waals surface area contributed by atoms with Gasteiger partial charge in [0.2, 0.25) is 0 Å². The second kappa shape index (κ2) is 17.0. The second-order valence-electron chi connectivity index (χ2n) is 14.1. The standard InChI is InChI=1S/C36H48N4O6S3/c41-34(42)31(25-1-4-37-13-25)10-22-7-28(47-19-22)16-40(17-29-8-23(20-48-29)11-32(35(43)44)26-2-5-38-14-26)18-30-9-24(21-49-30)12-33(36(45)46)27-3-6-39-15-27/h7-9,19-21,25-27,31-33,37-39H,1-6,10-18H2,(H,41,42)(H,43,44)(H,45,46)/t25-,26-,27-,31-,32-,33-/m0/s1. The van der Waals surface area contributed by atoms with E-state index in [0.29, 0.717) is 38.9 Å². The van der Waals surface area contributed by atoms with Crippen molar-refractivity contribution in [1.82, 2.24) is 20.9 Å². The van der Waals surface area contributed by atoms with E-state index in [1.165, 1.54) is 14.6 Å². The molecule has 6 N–H and O–H groups in total. The van der Waals surface area contributed by atoms with Crippen molar-refractivity contribution < 1.29 is 29.7 Å². The van der Waals surface area contributed by atoms with Crippen LogP contribution in [0.5, 0.6) is 0 Å². The number of nitrogens with zero attached hydrogens (tertiary/aromatic N) is 1. The van der Waals surface area contributed by atoms with Crippen LogP contribution in [0.4, 0.5) is 0 Å². The Kier molecular flexibility index (Phi) is 12.6. The Morgan fingerprint density at radius 3 is 1.14 bits per heavy atom. The Morgan fingerprint density at radius 1 is 0.592 bits per heavy atom. The van der Waals surface area contributed by atoms with Crippen molar-refractivity contribution in [3.8, 4) is 0 Å². The van der Waals surface area contributed by atoms with Crippen molar-refractivity contribution in [2.75, 3.05) is 39.3 Å². The lowest BCUT2D eigenvalue weighted by molar-refractivity contribution is -0.144. The summed E-state index contributed by atoms with van der Waals surface area (Å²) in [4.78, 5) is 42.3. The van der Waals surface area contributed by atoms with Crippen molar-refractivity contribution in [3.63, 3.8) is 0 Å². The number of thiophene rings is 3. The summed E-state index contributed by atoms with van der Waals surface area (Å²) in [7, 11) is 0. The van der Waals surface area contributed by atoms with E-state index in [0.717, 1.165) is 75.2 Å². The normalized spacial score (nSPS) is 22.8. The molecule has 0 saturated carbocycles. The van der Waals surface area contributed by atoms with E-state index in [1.807, 2.05) is 0 Å². The summed E-state index contributed by atoms with van der Waals surface area (Å²) < 4.78 is 0. The third-order valence-electron chi connectivity index (χ3n) is 10.6. The number of carbonyl (C=O) groups is 3. The van der Waals surface area contributed by atoms with E-state index in [-0.39, 0.29) is 17.8 Å². The van der Waals surface area contributed by atoms with Gasteiger partial charge in [-0.2, -0.15) is 0 Å². The molecule has 3 fully saturated rings. The fourth-order valence-electron chi connectivity index (χ4n) is 7.87. The maximum absolute atomic E-state index is 12.1. The molecule has 49 heavy (non-hydrogen) atoms. The molecule has 266 valence electrons. The third kappa shape index (κ3) is 9.78. The van der Waals surface area contributed by atoms with Gasteiger partial charge in [0.25, 0.3) is 0 Å². The number of hydrogen-bond donors (Lipinski definition) is 6. The first kappa shape index (κ1) is 36.2. The van der Waals surface area contributed by atoms with Crippen molar-refractivity contribution in [1.29, 1.82) is 0 Å². The Morgan fingerprint density at radius 2 is 0.898 bits per heavy atom. The molecule has 0 aromatic carbocycles. The number of nitrogens with one attached hydrogen (secondary N) is 3. The molecule has 10 nitrogen and oxygen atoms in total. The summed E-state index contributed by atoms with van der Waals surface area (Å²) in [5, 5.41) is 46.1. The van der Waals surface area contributed by atoms with Crippen LogP contribution >= 0.6 is 34.0 Å². The van der Waals surface area contributed by atoms with Crippen LogP contribution in [0.3, 0.4) is 0 Å². The van der Waals surface area contributed by atoms with Gasteiger partial charge in [-0.1, -0.05) is 0 Å². The van der Waals surface area contributed by atoms with Gasteiger partial charge < -0.3 is 31.3 Å². The van der Waals surface area contributed by atoms with E-state index < -0.39 is 35.7 Å². The van der Waals surface area contributed by atoms with Crippen LogP contribution in [-0.4, -0.2) is 77.4 Å². The highest BCUT2D eigenvalue weighted by molar-refractivity contribution is 7.10. The SMILES string of the molecule is O=C(O)[C@@H](Cc1csc(CN(Cc2cc(C[C@H](C(=O)O)[C@H]3CCNC3)cs2)Cc2cc(C[C@H](C(=O)O)[C@H]3CCNC3)cs2)c1)[C@H]1CCNC1. The van der Waals surface area contributed by atoms with Crippen LogP contribution in [-0.2, 0) is 53.3 Å². The van der Waals surface area contributed by atoms with Crippen LogP contribution in [0.25, 0.3) is 0 Å². The van der Waals surface area contributed by atoms with Gasteiger partial charge in [-0.05, 0) is 147 Å². The fraction of sp³-hybridized carbons (Fsp3) is 0.583. The van der Waals surface area contributed by atoms with Crippen LogP contribution in [0.2, 0.25) is 0 Å². The molecule has 0 radical (unpaired) electrons. The molecular weight excluding hydrogens is 681 g/mol. The van der Waals surface area contributed by atoms with Gasteiger partial charge in [0.15, 0.2) is 0 Å². The minimum atomic E-state index is -0.728. The first-order chi connectivity index (χ1) is 23.7. The number of carboxylic acids is 3. The molecule has 13 heteroatoms. The van der Waals surface area contributed by atoms with E-state index in [2.05, 4.69) is 55.2 Å². The van der Waals surface area contributed by atoms with Crippen LogP contribution in [0.1, 0.15) is 50.6 Å². The van der Waals surface area contributed by atoms with Crippen LogP contribution in [0.15, 0.2) is 34.3 Å². The molecule has 6 atom stereocenters. The maximum atomic E-state index is 12.1. The summed E-state index contributed by atoms with van der Waals surface area (Å²) in [5.74, 6) is -2.93. The monoisotopic (exact) mass is 728 g/mol. The summed E-state index contributed by atoms with van der Waals surface area (Å²) in [6.07, 6.45) is 4.27. The van der Waals surface area contributed by atoms with E-state index in [9.17, 15) is 29.7 Å². The molecule has 0 bridgehead atoms. The van der Waals surface area contributed by atoms with Crippen LogP contribution < -0.4 is 16.0 Å². The number of aliphatic carboxylic acids is 3. The summed E-state index contributed by atoms with van der Waals surface area (Å²) in [5.41, 5.74) is 3.20. The fourth-order valence-corrected chi connectivity index (χ4v) is 10.7. The molecule has 3 saturated heterocycles. The molecule has 0 aliphatic carbocycles. The van der Waals surface area contributed by atoms with E-state index in [4.69, 9.17) is 0 Å². The highest BCUT2D eigenvalue weighted by Crippen LogP contribution is 2.31. The quantitative estimate of drug-likeness (QED) is 0.109. The third-order valence-corrected chi connectivity index (χ3v) is 13.5. The number of hydrogen-bond acceptors (Lipinski definition) is 10. The van der Waals surface area contributed by atoms with Gasteiger partial charge in [0.1, 0.15) is 0 Å². The van der Waals surface area contributed by atoms with Gasteiger partial charge in [0, 0.05) is 34.3 Å². The molecule has 0 amide bonds. The molecule has 0 spiro atoms. The Bertz CT molecular complexity index is 1370. The molecular formula is C36H48N4O6S3. The van der Waals surface area contributed by atoms with Gasteiger partial charge in [-0.25, -0.2) is 0 Å². The van der Waals surface area contributed by atoms with Crippen molar-refractivity contribution in [2.45, 2.75) is 58.2 Å². The lowest BCUT2D eigenvalue weighted by atomic mass is 9.87. The van der Waals surface area contributed by atoms with E-state index >= 15 is 0 Å². The smallest absolute Gasteiger partial charge is 0.307 e. The Hall–Kier alpha value is -2.65. The lowest BCUT2D eigenvalue weighted by Crippen LogP contribution is -2.27. The average Bonchev–Trinajstić information content (AvgIpc) is 3.91. The average molecular weight is 729 g/mol. The Labute approximate surface area is 299 Å². The summed E-state index contributed by atoms with van der Waals surface area (Å²) in [6, 6.07) is 6.49. The molecule has 3 aliphatic rings. The van der Waals surface area contributed by atoms with Crippen molar-refractivity contribution in [3.05, 3.63) is 65.7 Å². The molecule has 3 aromatic heterocycles. The zero-order valence-electron chi connectivity index (χ0n) is 27.8. The predicted octanol–water partition coefficient (Wildman–Crippen LogP) is 4.63. The zero-order valence-corrected chi connectivity index (χ0v) is 30.2. The number of rotatable bonds is 18. The number of carboxylic acid groups (broad SMARTS) is 3. The molecule has 3 aromatic rings. The molecule has 6 heterocycles. The highest BCUT2D eigenvalue weighted by atomic mass is 32.1. The van der Waals surface area contributed by atoms with Gasteiger partial charge in [-0.3, -0.25) is 19.3 Å². The van der Waals surface area contributed by atoms with Crippen LogP contribution in [0, 0.1) is 35.5 Å². The lowest BCUT2D eigenvalue weighted by Gasteiger charge is -2.21. The molecule has 6 rings (SSSR count). The summed E-state index contributed by atoms with van der Waals surface area (Å²) in [6.45, 7) is 6.97.